The van der Waals surface area contributed by atoms with Gasteiger partial charge in [-0.3, -0.25) is 4.79 Å². The predicted molar refractivity (Wildman–Crippen MR) is 83.7 cm³/mol. The van der Waals surface area contributed by atoms with Crippen molar-refractivity contribution in [2.24, 2.45) is 5.92 Å². The van der Waals surface area contributed by atoms with E-state index in [1.54, 1.807) is 7.11 Å². The van der Waals surface area contributed by atoms with Crippen LogP contribution in [0.3, 0.4) is 0 Å². The second-order valence-corrected chi connectivity index (χ2v) is 6.68. The van der Waals surface area contributed by atoms with Gasteiger partial charge in [-0.05, 0) is 37.5 Å². The van der Waals surface area contributed by atoms with Crippen LogP contribution in [0.25, 0.3) is 0 Å². The first-order valence-electron chi connectivity index (χ1n) is 7.41. The molecule has 3 rings (SSSR count). The first kappa shape index (κ1) is 14.9. The second kappa shape index (κ2) is 6.36. The minimum atomic E-state index is 0.0775. The molecule has 2 aliphatic rings. The van der Waals surface area contributed by atoms with E-state index in [2.05, 4.69) is 15.9 Å². The van der Waals surface area contributed by atoms with E-state index in [4.69, 9.17) is 9.47 Å². The highest BCUT2D eigenvalue weighted by Crippen LogP contribution is 2.32. The molecular formula is C16H20BrNO3. The van der Waals surface area contributed by atoms with Crippen LogP contribution in [-0.2, 0) is 4.74 Å². The second-order valence-electron chi connectivity index (χ2n) is 5.76. The molecule has 2 fully saturated rings. The quantitative estimate of drug-likeness (QED) is 0.816. The lowest BCUT2D eigenvalue weighted by Crippen LogP contribution is -2.37. The highest BCUT2D eigenvalue weighted by Gasteiger charge is 2.36. The third-order valence-corrected chi connectivity index (χ3v) is 4.61. The van der Waals surface area contributed by atoms with E-state index in [0.717, 1.165) is 43.5 Å². The van der Waals surface area contributed by atoms with Crippen molar-refractivity contribution < 1.29 is 14.3 Å². The van der Waals surface area contributed by atoms with Gasteiger partial charge in [0.2, 0.25) is 0 Å². The van der Waals surface area contributed by atoms with Gasteiger partial charge in [0.15, 0.2) is 0 Å². The summed E-state index contributed by atoms with van der Waals surface area (Å²) in [6.07, 6.45) is 3.27. The van der Waals surface area contributed by atoms with E-state index in [1.807, 2.05) is 23.1 Å². The third-order valence-electron chi connectivity index (χ3n) is 4.12. The standard InChI is InChI=1S/C16H20BrNO3/c1-20-15-8-12(17)2-5-14(15)16(19)18(13-3-4-13)9-11-6-7-21-10-11/h2,5,8,11,13H,3-4,6-7,9-10H2,1H3. The van der Waals surface area contributed by atoms with Crippen LogP contribution in [0.4, 0.5) is 0 Å². The van der Waals surface area contributed by atoms with Crippen molar-refractivity contribution in [3.8, 4) is 5.75 Å². The molecule has 1 unspecified atom stereocenters. The Morgan fingerprint density at radius 1 is 1.43 bits per heavy atom. The molecule has 21 heavy (non-hydrogen) atoms. The van der Waals surface area contributed by atoms with Crippen LogP contribution >= 0.6 is 15.9 Å². The minimum absolute atomic E-state index is 0.0775. The van der Waals surface area contributed by atoms with Crippen molar-refractivity contribution in [1.82, 2.24) is 4.90 Å². The molecule has 0 spiro atoms. The summed E-state index contributed by atoms with van der Waals surface area (Å²) in [4.78, 5) is 14.9. The van der Waals surface area contributed by atoms with Crippen LogP contribution in [0.15, 0.2) is 22.7 Å². The first-order chi connectivity index (χ1) is 10.2. The number of nitrogens with zero attached hydrogens (tertiary/aromatic N) is 1. The van der Waals surface area contributed by atoms with Crippen LogP contribution in [0.1, 0.15) is 29.6 Å². The predicted octanol–water partition coefficient (Wildman–Crippen LogP) is 3.10. The molecule has 1 saturated heterocycles. The van der Waals surface area contributed by atoms with Gasteiger partial charge in [-0.1, -0.05) is 15.9 Å². The van der Waals surface area contributed by atoms with E-state index in [-0.39, 0.29) is 5.91 Å². The molecule has 1 aromatic carbocycles. The molecular weight excluding hydrogens is 334 g/mol. The van der Waals surface area contributed by atoms with Crippen LogP contribution < -0.4 is 4.74 Å². The number of methoxy groups -OCH3 is 1. The van der Waals surface area contributed by atoms with Gasteiger partial charge in [0, 0.05) is 29.6 Å². The summed E-state index contributed by atoms with van der Waals surface area (Å²) in [5.74, 6) is 1.17. The Kier molecular flexibility index (Phi) is 4.50. The van der Waals surface area contributed by atoms with Crippen LogP contribution in [0.5, 0.6) is 5.75 Å². The molecule has 1 atom stereocenters. The van der Waals surface area contributed by atoms with Gasteiger partial charge >= 0.3 is 0 Å². The molecule has 0 aromatic heterocycles. The molecule has 1 aromatic rings. The molecule has 4 nitrogen and oxygen atoms in total. The van der Waals surface area contributed by atoms with Gasteiger partial charge in [-0.25, -0.2) is 0 Å². The average molecular weight is 354 g/mol. The topological polar surface area (TPSA) is 38.8 Å². The average Bonchev–Trinajstić information content (AvgIpc) is 3.20. The molecule has 1 aliphatic heterocycles. The van der Waals surface area contributed by atoms with Gasteiger partial charge in [-0.15, -0.1) is 0 Å². The van der Waals surface area contributed by atoms with Crippen molar-refractivity contribution >= 4 is 21.8 Å². The van der Waals surface area contributed by atoms with Crippen molar-refractivity contribution in [3.05, 3.63) is 28.2 Å². The molecule has 1 saturated carbocycles. The lowest BCUT2D eigenvalue weighted by Gasteiger charge is -2.26. The van der Waals surface area contributed by atoms with Crippen molar-refractivity contribution in [3.63, 3.8) is 0 Å². The number of rotatable bonds is 5. The summed E-state index contributed by atoms with van der Waals surface area (Å²) in [6, 6.07) is 5.97. The maximum atomic E-state index is 12.9. The Labute approximate surface area is 133 Å². The SMILES string of the molecule is COc1cc(Br)ccc1C(=O)N(CC1CCOC1)C1CC1. The summed E-state index contributed by atoms with van der Waals surface area (Å²) in [5, 5.41) is 0. The fourth-order valence-electron chi connectivity index (χ4n) is 2.79. The number of carbonyl (C=O) groups excluding carboxylic acids is 1. The zero-order valence-corrected chi connectivity index (χ0v) is 13.8. The molecule has 5 heteroatoms. The largest absolute Gasteiger partial charge is 0.496 e. The Morgan fingerprint density at radius 3 is 2.86 bits per heavy atom. The van der Waals surface area contributed by atoms with Crippen LogP contribution in [-0.4, -0.2) is 43.7 Å². The molecule has 1 amide bonds. The molecule has 0 N–H and O–H groups in total. The zero-order chi connectivity index (χ0) is 14.8. The number of halogens is 1. The van der Waals surface area contributed by atoms with Gasteiger partial charge in [0.05, 0.1) is 19.3 Å². The Hall–Kier alpha value is -1.07. The summed E-state index contributed by atoms with van der Waals surface area (Å²) < 4.78 is 11.7. The minimum Gasteiger partial charge on any atom is -0.496 e. The van der Waals surface area contributed by atoms with E-state index < -0.39 is 0 Å². The van der Waals surface area contributed by atoms with Crippen molar-refractivity contribution in [1.29, 1.82) is 0 Å². The number of benzene rings is 1. The summed E-state index contributed by atoms with van der Waals surface area (Å²) >= 11 is 3.41. The fraction of sp³-hybridized carbons (Fsp3) is 0.562. The number of ether oxygens (including phenoxy) is 2. The van der Waals surface area contributed by atoms with Gasteiger partial charge in [-0.2, -0.15) is 0 Å². The lowest BCUT2D eigenvalue weighted by molar-refractivity contribution is 0.0703. The molecule has 1 heterocycles. The van der Waals surface area contributed by atoms with E-state index >= 15 is 0 Å². The number of amides is 1. The molecule has 114 valence electrons. The zero-order valence-electron chi connectivity index (χ0n) is 12.2. The van der Waals surface area contributed by atoms with Crippen molar-refractivity contribution in [2.45, 2.75) is 25.3 Å². The molecule has 1 aliphatic carbocycles. The fourth-order valence-corrected chi connectivity index (χ4v) is 3.13. The maximum Gasteiger partial charge on any atom is 0.257 e. The Bertz CT molecular complexity index is 524. The van der Waals surface area contributed by atoms with Gasteiger partial charge < -0.3 is 14.4 Å². The number of hydrogen-bond donors (Lipinski definition) is 0. The smallest absolute Gasteiger partial charge is 0.257 e. The van der Waals surface area contributed by atoms with E-state index in [0.29, 0.717) is 23.3 Å². The summed E-state index contributed by atoms with van der Waals surface area (Å²) in [5.41, 5.74) is 0.645. The van der Waals surface area contributed by atoms with Crippen LogP contribution in [0, 0.1) is 5.92 Å². The van der Waals surface area contributed by atoms with Gasteiger partial charge in [0.1, 0.15) is 5.75 Å². The van der Waals surface area contributed by atoms with Crippen LogP contribution in [0.2, 0.25) is 0 Å². The van der Waals surface area contributed by atoms with Crippen molar-refractivity contribution in [2.75, 3.05) is 26.9 Å². The molecule has 0 radical (unpaired) electrons. The summed E-state index contributed by atoms with van der Waals surface area (Å²) in [6.45, 7) is 2.38. The Morgan fingerprint density at radius 2 is 2.24 bits per heavy atom. The third kappa shape index (κ3) is 3.40. The maximum absolute atomic E-state index is 12.9. The number of hydrogen-bond acceptors (Lipinski definition) is 3. The van der Waals surface area contributed by atoms with E-state index in [9.17, 15) is 4.79 Å². The molecule has 0 bridgehead atoms. The first-order valence-corrected chi connectivity index (χ1v) is 8.20. The highest BCUT2D eigenvalue weighted by molar-refractivity contribution is 9.10. The lowest BCUT2D eigenvalue weighted by atomic mass is 10.1. The number of carbonyl (C=O) groups is 1. The van der Waals surface area contributed by atoms with E-state index in [1.165, 1.54) is 0 Å². The normalized spacial score (nSPS) is 21.3. The monoisotopic (exact) mass is 353 g/mol. The highest BCUT2D eigenvalue weighted by atomic mass is 79.9. The van der Waals surface area contributed by atoms with Gasteiger partial charge in [0.25, 0.3) is 5.91 Å². The summed E-state index contributed by atoms with van der Waals surface area (Å²) in [7, 11) is 1.60. The Balaban J connectivity index is 1.80.